The van der Waals surface area contributed by atoms with Crippen molar-refractivity contribution in [2.24, 2.45) is 0 Å². The zero-order valence-electron chi connectivity index (χ0n) is 7.51. The molecule has 0 amide bonds. The molecule has 0 aliphatic carbocycles. The van der Waals surface area contributed by atoms with Crippen molar-refractivity contribution < 1.29 is 13.3 Å². The standard InChI is InChI=1S/C10H6ClF2NO/c11-4-6-5-14-15-10(6)8-3-7(12)1-2-9(8)13/h1-3,5H,4H2. The minimum Gasteiger partial charge on any atom is -0.356 e. The molecule has 5 heteroatoms. The lowest BCUT2D eigenvalue weighted by Crippen LogP contribution is -1.87. The zero-order chi connectivity index (χ0) is 10.8. The molecule has 1 aromatic carbocycles. The summed E-state index contributed by atoms with van der Waals surface area (Å²) in [7, 11) is 0. The summed E-state index contributed by atoms with van der Waals surface area (Å²) >= 11 is 5.60. The van der Waals surface area contributed by atoms with Crippen LogP contribution in [-0.4, -0.2) is 5.16 Å². The predicted molar refractivity (Wildman–Crippen MR) is 51.4 cm³/mol. The molecule has 2 rings (SSSR count). The van der Waals surface area contributed by atoms with Crippen LogP contribution >= 0.6 is 11.6 Å². The Morgan fingerprint density at radius 2 is 2.13 bits per heavy atom. The van der Waals surface area contributed by atoms with E-state index in [4.69, 9.17) is 16.1 Å². The number of alkyl halides is 1. The van der Waals surface area contributed by atoms with E-state index in [0.717, 1.165) is 18.2 Å². The number of benzene rings is 1. The number of nitrogens with zero attached hydrogens (tertiary/aromatic N) is 1. The maximum Gasteiger partial charge on any atom is 0.174 e. The molecule has 0 saturated heterocycles. The molecule has 2 aromatic rings. The summed E-state index contributed by atoms with van der Waals surface area (Å²) in [6.07, 6.45) is 1.38. The van der Waals surface area contributed by atoms with Gasteiger partial charge in [-0.15, -0.1) is 11.6 Å². The van der Waals surface area contributed by atoms with E-state index in [1.54, 1.807) is 0 Å². The van der Waals surface area contributed by atoms with Crippen molar-refractivity contribution >= 4 is 11.6 Å². The molecule has 0 atom stereocenters. The molecule has 1 heterocycles. The van der Waals surface area contributed by atoms with Crippen LogP contribution in [0.3, 0.4) is 0 Å². The van der Waals surface area contributed by atoms with Gasteiger partial charge >= 0.3 is 0 Å². The summed E-state index contributed by atoms with van der Waals surface area (Å²) in [6, 6.07) is 3.12. The van der Waals surface area contributed by atoms with E-state index in [-0.39, 0.29) is 17.2 Å². The molecule has 0 spiro atoms. The molecule has 1 aromatic heterocycles. The van der Waals surface area contributed by atoms with Crippen molar-refractivity contribution in [1.29, 1.82) is 0 Å². The monoisotopic (exact) mass is 229 g/mol. The molecule has 0 aliphatic heterocycles. The average Bonchev–Trinajstić information content (AvgIpc) is 2.69. The van der Waals surface area contributed by atoms with Gasteiger partial charge in [0.25, 0.3) is 0 Å². The lowest BCUT2D eigenvalue weighted by molar-refractivity contribution is 0.429. The second kappa shape index (κ2) is 3.98. The Labute approximate surface area is 89.5 Å². The van der Waals surface area contributed by atoms with Crippen LogP contribution in [-0.2, 0) is 5.88 Å². The molecular weight excluding hydrogens is 224 g/mol. The first-order valence-corrected chi connectivity index (χ1v) is 4.70. The highest BCUT2D eigenvalue weighted by Gasteiger charge is 2.14. The maximum absolute atomic E-state index is 13.4. The highest BCUT2D eigenvalue weighted by molar-refractivity contribution is 6.17. The first-order valence-electron chi connectivity index (χ1n) is 4.17. The number of hydrogen-bond acceptors (Lipinski definition) is 2. The summed E-state index contributed by atoms with van der Waals surface area (Å²) < 4.78 is 31.1. The molecule has 0 fully saturated rings. The van der Waals surface area contributed by atoms with E-state index in [0.29, 0.717) is 5.56 Å². The van der Waals surface area contributed by atoms with E-state index >= 15 is 0 Å². The predicted octanol–water partition coefficient (Wildman–Crippen LogP) is 3.36. The molecule has 0 unspecified atom stereocenters. The summed E-state index contributed by atoms with van der Waals surface area (Å²) in [5.74, 6) is -0.806. The zero-order valence-corrected chi connectivity index (χ0v) is 8.26. The summed E-state index contributed by atoms with van der Waals surface area (Å²) in [5.41, 5.74) is 0.560. The minimum atomic E-state index is -0.570. The normalized spacial score (nSPS) is 10.6. The van der Waals surface area contributed by atoms with Gasteiger partial charge in [0, 0.05) is 5.56 Å². The van der Waals surface area contributed by atoms with Gasteiger partial charge in [0.2, 0.25) is 0 Å². The van der Waals surface area contributed by atoms with Crippen LogP contribution in [0, 0.1) is 11.6 Å². The minimum absolute atomic E-state index is 0.0307. The van der Waals surface area contributed by atoms with Crippen LogP contribution in [0.5, 0.6) is 0 Å². The van der Waals surface area contributed by atoms with E-state index in [2.05, 4.69) is 5.16 Å². The van der Waals surface area contributed by atoms with Gasteiger partial charge in [0.15, 0.2) is 5.76 Å². The van der Waals surface area contributed by atoms with Crippen LogP contribution in [0.2, 0.25) is 0 Å². The van der Waals surface area contributed by atoms with Gasteiger partial charge in [-0.3, -0.25) is 0 Å². The molecule has 0 bridgehead atoms. The molecule has 2 nitrogen and oxygen atoms in total. The Morgan fingerprint density at radius 1 is 1.33 bits per heavy atom. The molecule has 0 N–H and O–H groups in total. The molecular formula is C10H6ClF2NO. The summed E-state index contributed by atoms with van der Waals surface area (Å²) in [4.78, 5) is 0. The average molecular weight is 230 g/mol. The second-order valence-electron chi connectivity index (χ2n) is 2.94. The van der Waals surface area contributed by atoms with Crippen molar-refractivity contribution in [1.82, 2.24) is 5.16 Å². The highest BCUT2D eigenvalue weighted by atomic mass is 35.5. The van der Waals surface area contributed by atoms with Gasteiger partial charge in [0.1, 0.15) is 11.6 Å². The van der Waals surface area contributed by atoms with Crippen molar-refractivity contribution in [3.05, 3.63) is 41.6 Å². The molecule has 15 heavy (non-hydrogen) atoms. The van der Waals surface area contributed by atoms with Crippen LogP contribution in [0.1, 0.15) is 5.56 Å². The number of hydrogen-bond donors (Lipinski definition) is 0. The van der Waals surface area contributed by atoms with Gasteiger partial charge in [0.05, 0.1) is 17.6 Å². The van der Waals surface area contributed by atoms with Gasteiger partial charge in [-0.1, -0.05) is 5.16 Å². The molecule has 0 aliphatic rings. The Kier molecular flexibility index (Phi) is 2.68. The van der Waals surface area contributed by atoms with Crippen molar-refractivity contribution in [2.75, 3.05) is 0 Å². The van der Waals surface area contributed by atoms with Crippen LogP contribution in [0.25, 0.3) is 11.3 Å². The van der Waals surface area contributed by atoms with Gasteiger partial charge in [-0.05, 0) is 18.2 Å². The van der Waals surface area contributed by atoms with Gasteiger partial charge in [-0.2, -0.15) is 0 Å². The second-order valence-corrected chi connectivity index (χ2v) is 3.21. The lowest BCUT2D eigenvalue weighted by Gasteiger charge is -2.00. The van der Waals surface area contributed by atoms with Gasteiger partial charge < -0.3 is 4.52 Å². The molecule has 0 saturated carbocycles. The Balaban J connectivity index is 2.58. The van der Waals surface area contributed by atoms with E-state index in [1.807, 2.05) is 0 Å². The molecule has 78 valence electrons. The first kappa shape index (κ1) is 10.1. The van der Waals surface area contributed by atoms with Crippen molar-refractivity contribution in [3.8, 4) is 11.3 Å². The Morgan fingerprint density at radius 3 is 2.87 bits per heavy atom. The van der Waals surface area contributed by atoms with E-state index < -0.39 is 11.6 Å². The third kappa shape index (κ3) is 1.85. The number of halogens is 3. The number of rotatable bonds is 2. The van der Waals surface area contributed by atoms with Crippen molar-refractivity contribution in [2.45, 2.75) is 5.88 Å². The van der Waals surface area contributed by atoms with E-state index in [1.165, 1.54) is 6.20 Å². The maximum atomic E-state index is 13.4. The summed E-state index contributed by atoms with van der Waals surface area (Å²) in [6.45, 7) is 0. The summed E-state index contributed by atoms with van der Waals surface area (Å²) in [5, 5.41) is 3.49. The third-order valence-electron chi connectivity index (χ3n) is 1.96. The van der Waals surface area contributed by atoms with Crippen LogP contribution in [0.4, 0.5) is 8.78 Å². The fraction of sp³-hybridized carbons (Fsp3) is 0.100. The van der Waals surface area contributed by atoms with Crippen LogP contribution < -0.4 is 0 Å². The fourth-order valence-electron chi connectivity index (χ4n) is 1.25. The number of aromatic nitrogens is 1. The fourth-order valence-corrected chi connectivity index (χ4v) is 1.44. The van der Waals surface area contributed by atoms with E-state index in [9.17, 15) is 8.78 Å². The van der Waals surface area contributed by atoms with Crippen LogP contribution in [0.15, 0.2) is 28.9 Å². The quantitative estimate of drug-likeness (QED) is 0.738. The Hall–Kier alpha value is -1.42. The topological polar surface area (TPSA) is 26.0 Å². The SMILES string of the molecule is Fc1ccc(F)c(-c2oncc2CCl)c1. The molecule has 0 radical (unpaired) electrons. The first-order chi connectivity index (χ1) is 7.22. The highest BCUT2D eigenvalue weighted by Crippen LogP contribution is 2.27. The smallest absolute Gasteiger partial charge is 0.174 e. The lowest BCUT2D eigenvalue weighted by atomic mass is 10.1. The third-order valence-corrected chi connectivity index (χ3v) is 2.25. The van der Waals surface area contributed by atoms with Crippen molar-refractivity contribution in [3.63, 3.8) is 0 Å². The largest absolute Gasteiger partial charge is 0.356 e. The Bertz CT molecular complexity index is 484. The van der Waals surface area contributed by atoms with Gasteiger partial charge in [-0.25, -0.2) is 8.78 Å².